The Hall–Kier alpha value is -1.43. The van der Waals surface area contributed by atoms with Gasteiger partial charge in [0.2, 0.25) is 5.91 Å². The Morgan fingerprint density at radius 3 is 2.71 bits per heavy atom. The van der Waals surface area contributed by atoms with Gasteiger partial charge >= 0.3 is 0 Å². The van der Waals surface area contributed by atoms with E-state index in [1.807, 2.05) is 25.1 Å². The summed E-state index contributed by atoms with van der Waals surface area (Å²) < 4.78 is 4.97. The van der Waals surface area contributed by atoms with Crippen LogP contribution in [0.1, 0.15) is 18.9 Å². The van der Waals surface area contributed by atoms with E-state index in [-0.39, 0.29) is 11.9 Å². The fraction of sp³-hybridized carbons (Fsp3) is 0.562. The minimum Gasteiger partial charge on any atom is -0.385 e. The van der Waals surface area contributed by atoms with E-state index in [4.69, 9.17) is 10.5 Å². The number of hydrogen-bond acceptors (Lipinski definition) is 4. The molecular weight excluding hydrogens is 266 g/mol. The SMILES string of the molecule is COCCCNC(=O)C(C)N(CCN)Cc1ccccc1. The van der Waals surface area contributed by atoms with Gasteiger partial charge < -0.3 is 15.8 Å². The van der Waals surface area contributed by atoms with Crippen LogP contribution in [0.5, 0.6) is 0 Å². The van der Waals surface area contributed by atoms with Crippen LogP contribution in [0.15, 0.2) is 30.3 Å². The second-order valence-electron chi connectivity index (χ2n) is 5.06. The van der Waals surface area contributed by atoms with Gasteiger partial charge in [-0.1, -0.05) is 30.3 Å². The Kier molecular flexibility index (Phi) is 8.66. The number of carbonyl (C=O) groups is 1. The Labute approximate surface area is 127 Å². The highest BCUT2D eigenvalue weighted by Crippen LogP contribution is 2.08. The summed E-state index contributed by atoms with van der Waals surface area (Å²) in [4.78, 5) is 14.3. The molecule has 0 spiro atoms. The summed E-state index contributed by atoms with van der Waals surface area (Å²) in [6, 6.07) is 9.93. The van der Waals surface area contributed by atoms with Gasteiger partial charge in [0, 0.05) is 39.9 Å². The van der Waals surface area contributed by atoms with Crippen LogP contribution in [-0.2, 0) is 16.1 Å². The van der Waals surface area contributed by atoms with Crippen LogP contribution in [0.4, 0.5) is 0 Å². The molecule has 5 heteroatoms. The van der Waals surface area contributed by atoms with Gasteiger partial charge in [-0.3, -0.25) is 9.69 Å². The Morgan fingerprint density at radius 1 is 1.38 bits per heavy atom. The van der Waals surface area contributed by atoms with Crippen molar-refractivity contribution in [3.63, 3.8) is 0 Å². The molecule has 1 unspecified atom stereocenters. The molecule has 0 aliphatic heterocycles. The van der Waals surface area contributed by atoms with Gasteiger partial charge in [0.25, 0.3) is 0 Å². The van der Waals surface area contributed by atoms with Gasteiger partial charge in [-0.2, -0.15) is 0 Å². The molecule has 1 atom stereocenters. The van der Waals surface area contributed by atoms with Crippen molar-refractivity contribution in [1.82, 2.24) is 10.2 Å². The predicted octanol–water partition coefficient (Wildman–Crippen LogP) is 0.989. The first-order valence-electron chi connectivity index (χ1n) is 7.43. The lowest BCUT2D eigenvalue weighted by molar-refractivity contribution is -0.126. The Bertz CT molecular complexity index is 398. The van der Waals surface area contributed by atoms with Crippen LogP contribution in [-0.4, -0.2) is 50.2 Å². The molecule has 0 saturated carbocycles. The van der Waals surface area contributed by atoms with E-state index in [1.165, 1.54) is 5.56 Å². The first-order chi connectivity index (χ1) is 10.2. The smallest absolute Gasteiger partial charge is 0.237 e. The highest BCUT2D eigenvalue weighted by atomic mass is 16.5. The lowest BCUT2D eigenvalue weighted by atomic mass is 10.1. The highest BCUT2D eigenvalue weighted by Gasteiger charge is 2.20. The molecule has 0 fully saturated rings. The van der Waals surface area contributed by atoms with Gasteiger partial charge in [0.1, 0.15) is 0 Å². The van der Waals surface area contributed by atoms with E-state index in [0.717, 1.165) is 13.0 Å². The van der Waals surface area contributed by atoms with Crippen molar-refractivity contribution in [2.45, 2.75) is 25.9 Å². The number of amides is 1. The third-order valence-electron chi connectivity index (χ3n) is 3.40. The highest BCUT2D eigenvalue weighted by molar-refractivity contribution is 5.81. The average Bonchev–Trinajstić information content (AvgIpc) is 2.51. The molecule has 0 aromatic heterocycles. The molecule has 0 bridgehead atoms. The van der Waals surface area contributed by atoms with Gasteiger partial charge in [-0.05, 0) is 18.9 Å². The number of methoxy groups -OCH3 is 1. The number of benzene rings is 1. The van der Waals surface area contributed by atoms with Gasteiger partial charge in [0.05, 0.1) is 6.04 Å². The first kappa shape index (κ1) is 17.6. The van der Waals surface area contributed by atoms with Crippen LogP contribution < -0.4 is 11.1 Å². The van der Waals surface area contributed by atoms with Crippen LogP contribution in [0.2, 0.25) is 0 Å². The number of ether oxygens (including phenoxy) is 1. The first-order valence-corrected chi connectivity index (χ1v) is 7.43. The number of hydrogen-bond donors (Lipinski definition) is 2. The maximum absolute atomic E-state index is 12.2. The number of nitrogens with zero attached hydrogens (tertiary/aromatic N) is 1. The molecular formula is C16H27N3O2. The number of carbonyl (C=O) groups excluding carboxylic acids is 1. The summed E-state index contributed by atoms with van der Waals surface area (Å²) in [6.07, 6.45) is 0.824. The third kappa shape index (κ3) is 6.71. The lowest BCUT2D eigenvalue weighted by Crippen LogP contribution is -2.46. The van der Waals surface area contributed by atoms with Crippen molar-refractivity contribution in [2.24, 2.45) is 5.73 Å². The van der Waals surface area contributed by atoms with Gasteiger partial charge in [0.15, 0.2) is 0 Å². The molecule has 0 aliphatic rings. The number of nitrogens with two attached hydrogens (primary N) is 1. The molecule has 0 aliphatic carbocycles. The summed E-state index contributed by atoms with van der Waals surface area (Å²) in [5.41, 5.74) is 6.86. The van der Waals surface area contributed by atoms with Crippen LogP contribution >= 0.6 is 0 Å². The molecule has 3 N–H and O–H groups in total. The molecule has 0 radical (unpaired) electrons. The van der Waals surface area contributed by atoms with Crippen molar-refractivity contribution < 1.29 is 9.53 Å². The van der Waals surface area contributed by atoms with Crippen molar-refractivity contribution >= 4 is 5.91 Å². The van der Waals surface area contributed by atoms with E-state index >= 15 is 0 Å². The Morgan fingerprint density at radius 2 is 2.10 bits per heavy atom. The van der Waals surface area contributed by atoms with E-state index in [9.17, 15) is 4.79 Å². The van der Waals surface area contributed by atoms with Crippen LogP contribution in [0.3, 0.4) is 0 Å². The molecule has 5 nitrogen and oxygen atoms in total. The summed E-state index contributed by atoms with van der Waals surface area (Å²) in [7, 11) is 1.66. The van der Waals surface area contributed by atoms with Crippen molar-refractivity contribution in [3.8, 4) is 0 Å². The summed E-state index contributed by atoms with van der Waals surface area (Å²) >= 11 is 0. The minimum absolute atomic E-state index is 0.0375. The van der Waals surface area contributed by atoms with Crippen molar-refractivity contribution in [2.75, 3.05) is 33.4 Å². The quantitative estimate of drug-likeness (QED) is 0.631. The maximum Gasteiger partial charge on any atom is 0.237 e. The fourth-order valence-electron chi connectivity index (χ4n) is 2.14. The van der Waals surface area contributed by atoms with E-state index in [0.29, 0.717) is 26.2 Å². The average molecular weight is 293 g/mol. The van der Waals surface area contributed by atoms with Crippen LogP contribution in [0.25, 0.3) is 0 Å². The van der Waals surface area contributed by atoms with E-state index < -0.39 is 0 Å². The summed E-state index contributed by atoms with van der Waals surface area (Å²) in [6.45, 7) is 5.18. The zero-order chi connectivity index (χ0) is 15.5. The molecule has 1 amide bonds. The fourth-order valence-corrected chi connectivity index (χ4v) is 2.14. The normalized spacial score (nSPS) is 12.4. The molecule has 0 saturated heterocycles. The summed E-state index contributed by atoms with van der Waals surface area (Å²) in [5.74, 6) is 0.0375. The number of rotatable bonds is 10. The molecule has 21 heavy (non-hydrogen) atoms. The predicted molar refractivity (Wildman–Crippen MR) is 84.9 cm³/mol. The topological polar surface area (TPSA) is 67.6 Å². The molecule has 1 aromatic rings. The lowest BCUT2D eigenvalue weighted by Gasteiger charge is -2.27. The van der Waals surface area contributed by atoms with Gasteiger partial charge in [-0.25, -0.2) is 0 Å². The van der Waals surface area contributed by atoms with E-state index in [2.05, 4.69) is 22.3 Å². The van der Waals surface area contributed by atoms with Crippen molar-refractivity contribution in [1.29, 1.82) is 0 Å². The van der Waals surface area contributed by atoms with Crippen LogP contribution in [0, 0.1) is 0 Å². The van der Waals surface area contributed by atoms with E-state index in [1.54, 1.807) is 7.11 Å². The standard InChI is InChI=1S/C16H27N3O2/c1-14(16(20)18-10-6-12-21-2)19(11-9-17)13-15-7-4-3-5-8-15/h3-5,7-8,14H,6,9-13,17H2,1-2H3,(H,18,20). The Balaban J connectivity index is 2.51. The monoisotopic (exact) mass is 293 g/mol. The molecule has 1 aromatic carbocycles. The minimum atomic E-state index is -0.198. The van der Waals surface area contributed by atoms with Gasteiger partial charge in [-0.15, -0.1) is 0 Å². The number of nitrogens with one attached hydrogen (secondary N) is 1. The summed E-state index contributed by atoms with van der Waals surface area (Å²) in [5, 5.41) is 2.94. The second-order valence-corrected chi connectivity index (χ2v) is 5.06. The zero-order valence-corrected chi connectivity index (χ0v) is 13.0. The van der Waals surface area contributed by atoms with Crippen molar-refractivity contribution in [3.05, 3.63) is 35.9 Å². The second kappa shape index (κ2) is 10.3. The molecule has 0 heterocycles. The largest absolute Gasteiger partial charge is 0.385 e. The maximum atomic E-state index is 12.2. The molecule has 1 rings (SSSR count). The third-order valence-corrected chi connectivity index (χ3v) is 3.40. The molecule has 118 valence electrons. The zero-order valence-electron chi connectivity index (χ0n) is 13.0.